The van der Waals surface area contributed by atoms with Crippen LogP contribution in [0.15, 0.2) is 23.6 Å². The smallest absolute Gasteiger partial charge is 0.270 e. The first-order valence-corrected chi connectivity index (χ1v) is 7.37. The minimum Gasteiger partial charge on any atom is -0.394 e. The van der Waals surface area contributed by atoms with Crippen molar-refractivity contribution >= 4 is 17.2 Å². The molecule has 2 N–H and O–H groups in total. The lowest BCUT2D eigenvalue weighted by Crippen LogP contribution is -2.27. The number of carbonyl (C=O) groups is 1. The van der Waals surface area contributed by atoms with Crippen LogP contribution in [0.25, 0.3) is 10.6 Å². The Morgan fingerprint density at radius 2 is 2.14 bits per heavy atom. The Hall–Kier alpha value is -1.90. The second-order valence-corrected chi connectivity index (χ2v) is 5.12. The lowest BCUT2D eigenvalue weighted by Gasteiger charge is -2.03. The number of thiazole rings is 1. The predicted octanol–water partition coefficient (Wildman–Crippen LogP) is 1.83. The fraction of sp³-hybridized carbons (Fsp3) is 0.286. The lowest BCUT2D eigenvalue weighted by atomic mass is 10.2. The van der Waals surface area contributed by atoms with Crippen LogP contribution in [0.3, 0.4) is 0 Å². The van der Waals surface area contributed by atoms with Gasteiger partial charge in [-0.1, -0.05) is 0 Å². The van der Waals surface area contributed by atoms with Crippen LogP contribution in [-0.2, 0) is 4.74 Å². The number of aliphatic hydroxyl groups is 1. The summed E-state index contributed by atoms with van der Waals surface area (Å²) >= 11 is 1.17. The molecule has 0 radical (unpaired) electrons. The number of aliphatic hydroxyl groups excluding tert-OH is 1. The SMILES string of the molecule is O=C(NCCOCCO)c1csc(-c2ccc(F)c(F)c2)n1. The van der Waals surface area contributed by atoms with Gasteiger partial charge in [-0.05, 0) is 18.2 Å². The van der Waals surface area contributed by atoms with Crippen molar-refractivity contribution in [2.24, 2.45) is 0 Å². The Balaban J connectivity index is 1.95. The predicted molar refractivity (Wildman–Crippen MR) is 77.7 cm³/mol. The van der Waals surface area contributed by atoms with Crippen molar-refractivity contribution in [3.63, 3.8) is 0 Å². The molecular weight excluding hydrogens is 314 g/mol. The first-order chi connectivity index (χ1) is 10.6. The minimum atomic E-state index is -0.959. The molecular formula is C14H14F2N2O3S. The van der Waals surface area contributed by atoms with Gasteiger partial charge in [-0.2, -0.15) is 0 Å². The molecule has 1 heterocycles. The second-order valence-electron chi connectivity index (χ2n) is 4.26. The van der Waals surface area contributed by atoms with Crippen LogP contribution in [0.1, 0.15) is 10.5 Å². The van der Waals surface area contributed by atoms with Gasteiger partial charge in [-0.25, -0.2) is 13.8 Å². The summed E-state index contributed by atoms with van der Waals surface area (Å²) < 4.78 is 31.1. The molecule has 0 aliphatic heterocycles. The number of hydrogen-bond donors (Lipinski definition) is 2. The van der Waals surface area contributed by atoms with Crippen LogP contribution < -0.4 is 5.32 Å². The number of amides is 1. The van der Waals surface area contributed by atoms with Crippen molar-refractivity contribution in [3.05, 3.63) is 40.9 Å². The Morgan fingerprint density at radius 1 is 1.32 bits per heavy atom. The number of hydrogen-bond acceptors (Lipinski definition) is 5. The maximum Gasteiger partial charge on any atom is 0.270 e. The average Bonchev–Trinajstić information content (AvgIpc) is 2.99. The van der Waals surface area contributed by atoms with E-state index in [0.717, 1.165) is 12.1 Å². The maximum atomic E-state index is 13.2. The van der Waals surface area contributed by atoms with E-state index in [1.165, 1.54) is 17.4 Å². The summed E-state index contributed by atoms with van der Waals surface area (Å²) in [6, 6.07) is 3.46. The quantitative estimate of drug-likeness (QED) is 0.761. The van der Waals surface area contributed by atoms with Crippen molar-refractivity contribution in [1.82, 2.24) is 10.3 Å². The van der Waals surface area contributed by atoms with Gasteiger partial charge in [0.1, 0.15) is 10.7 Å². The normalized spacial score (nSPS) is 10.7. The van der Waals surface area contributed by atoms with Crippen LogP contribution in [0.5, 0.6) is 0 Å². The Labute approximate surface area is 129 Å². The summed E-state index contributed by atoms with van der Waals surface area (Å²) in [4.78, 5) is 15.9. The highest BCUT2D eigenvalue weighted by Gasteiger charge is 2.12. The van der Waals surface area contributed by atoms with Crippen LogP contribution in [-0.4, -0.2) is 42.4 Å². The highest BCUT2D eigenvalue weighted by Crippen LogP contribution is 2.25. The van der Waals surface area contributed by atoms with E-state index >= 15 is 0 Å². The fourth-order valence-corrected chi connectivity index (χ4v) is 2.43. The molecule has 2 aromatic rings. The monoisotopic (exact) mass is 328 g/mol. The summed E-state index contributed by atoms with van der Waals surface area (Å²) in [5, 5.41) is 13.1. The van der Waals surface area contributed by atoms with Gasteiger partial charge in [0, 0.05) is 17.5 Å². The lowest BCUT2D eigenvalue weighted by molar-refractivity contribution is 0.0835. The van der Waals surface area contributed by atoms with E-state index in [9.17, 15) is 13.6 Å². The van der Waals surface area contributed by atoms with Crippen molar-refractivity contribution in [1.29, 1.82) is 0 Å². The highest BCUT2D eigenvalue weighted by molar-refractivity contribution is 7.13. The third-order valence-corrected chi connectivity index (χ3v) is 3.56. The first-order valence-electron chi connectivity index (χ1n) is 6.49. The second kappa shape index (κ2) is 7.92. The largest absolute Gasteiger partial charge is 0.394 e. The molecule has 0 aliphatic carbocycles. The van der Waals surface area contributed by atoms with E-state index in [-0.39, 0.29) is 38.0 Å². The number of nitrogens with one attached hydrogen (secondary N) is 1. The number of ether oxygens (including phenoxy) is 1. The molecule has 1 amide bonds. The van der Waals surface area contributed by atoms with Crippen LogP contribution in [0.4, 0.5) is 8.78 Å². The minimum absolute atomic E-state index is 0.0718. The Bertz CT molecular complexity index is 649. The van der Waals surface area contributed by atoms with E-state index in [4.69, 9.17) is 9.84 Å². The van der Waals surface area contributed by atoms with Crippen molar-refractivity contribution < 1.29 is 23.4 Å². The molecule has 0 spiro atoms. The summed E-state index contributed by atoms with van der Waals surface area (Å²) in [6.45, 7) is 0.716. The van der Waals surface area contributed by atoms with Gasteiger partial charge in [0.15, 0.2) is 11.6 Å². The summed E-state index contributed by atoms with van der Waals surface area (Å²) in [5.41, 5.74) is 0.612. The molecule has 8 heteroatoms. The van der Waals surface area contributed by atoms with Gasteiger partial charge in [-0.3, -0.25) is 4.79 Å². The number of halogens is 2. The molecule has 1 aromatic heterocycles. The molecule has 5 nitrogen and oxygen atoms in total. The number of nitrogens with zero attached hydrogens (tertiary/aromatic N) is 1. The Kier molecular flexibility index (Phi) is 5.93. The van der Waals surface area contributed by atoms with E-state index in [1.54, 1.807) is 5.38 Å². The van der Waals surface area contributed by atoms with Crippen LogP contribution in [0, 0.1) is 11.6 Å². The van der Waals surface area contributed by atoms with Crippen molar-refractivity contribution in [3.8, 4) is 10.6 Å². The first kappa shape index (κ1) is 16.5. The van der Waals surface area contributed by atoms with E-state index in [1.807, 2.05) is 0 Å². The molecule has 0 bridgehead atoms. The zero-order valence-electron chi connectivity index (χ0n) is 11.5. The third kappa shape index (κ3) is 4.30. The summed E-state index contributed by atoms with van der Waals surface area (Å²) in [6.07, 6.45) is 0. The van der Waals surface area contributed by atoms with Gasteiger partial charge >= 0.3 is 0 Å². The molecule has 0 unspecified atom stereocenters. The molecule has 0 aliphatic rings. The molecule has 0 atom stereocenters. The highest BCUT2D eigenvalue weighted by atomic mass is 32.1. The fourth-order valence-electron chi connectivity index (χ4n) is 1.63. The van der Waals surface area contributed by atoms with Crippen LogP contribution in [0.2, 0.25) is 0 Å². The summed E-state index contributed by atoms with van der Waals surface area (Å²) in [7, 11) is 0. The van der Waals surface area contributed by atoms with Gasteiger partial charge < -0.3 is 15.2 Å². The zero-order valence-corrected chi connectivity index (χ0v) is 12.3. The Morgan fingerprint density at radius 3 is 2.86 bits per heavy atom. The van der Waals surface area contributed by atoms with Crippen molar-refractivity contribution in [2.45, 2.75) is 0 Å². The number of benzene rings is 1. The van der Waals surface area contributed by atoms with Gasteiger partial charge in [0.25, 0.3) is 5.91 Å². The summed E-state index contributed by atoms with van der Waals surface area (Å²) in [5.74, 6) is -2.27. The molecule has 2 rings (SSSR count). The standard InChI is InChI=1S/C14H14F2N2O3S/c15-10-2-1-9(7-11(10)16)14-18-12(8-22-14)13(20)17-3-5-21-6-4-19/h1-2,7-8,19H,3-6H2,(H,17,20). The van der Waals surface area contributed by atoms with E-state index < -0.39 is 11.6 Å². The number of aromatic nitrogens is 1. The average molecular weight is 328 g/mol. The van der Waals surface area contributed by atoms with Gasteiger partial charge in [-0.15, -0.1) is 11.3 Å². The number of rotatable bonds is 7. The maximum absolute atomic E-state index is 13.2. The van der Waals surface area contributed by atoms with Crippen molar-refractivity contribution in [2.75, 3.05) is 26.4 Å². The molecule has 22 heavy (non-hydrogen) atoms. The molecule has 0 saturated carbocycles. The van der Waals surface area contributed by atoms with E-state index in [0.29, 0.717) is 10.6 Å². The van der Waals surface area contributed by atoms with Gasteiger partial charge in [0.05, 0.1) is 19.8 Å². The van der Waals surface area contributed by atoms with E-state index in [2.05, 4.69) is 10.3 Å². The topological polar surface area (TPSA) is 71.5 Å². The molecule has 0 fully saturated rings. The zero-order chi connectivity index (χ0) is 15.9. The third-order valence-electron chi connectivity index (χ3n) is 2.67. The molecule has 0 saturated heterocycles. The molecule has 1 aromatic carbocycles. The van der Waals surface area contributed by atoms with Crippen LogP contribution >= 0.6 is 11.3 Å². The molecule has 118 valence electrons. The van der Waals surface area contributed by atoms with Gasteiger partial charge in [0.2, 0.25) is 0 Å². The number of carbonyl (C=O) groups excluding carboxylic acids is 1.